The molecule has 2 unspecified atom stereocenters. The summed E-state index contributed by atoms with van der Waals surface area (Å²) in [4.78, 5) is 72.9. The van der Waals surface area contributed by atoms with Gasteiger partial charge in [0.05, 0.1) is 26.4 Å². The third-order valence-electron chi connectivity index (χ3n) is 18.2. The number of unbranched alkanes of at least 4 members (excludes halogenated alkanes) is 47. The highest BCUT2D eigenvalue weighted by atomic mass is 31.2. The van der Waals surface area contributed by atoms with Gasteiger partial charge in [0.25, 0.3) is 0 Å². The molecule has 5 atom stereocenters. The number of aliphatic hydroxyl groups excluding tert-OH is 1. The zero-order chi connectivity index (χ0) is 72.7. The topological polar surface area (TPSA) is 237 Å². The van der Waals surface area contributed by atoms with Crippen LogP contribution >= 0.6 is 15.6 Å². The summed E-state index contributed by atoms with van der Waals surface area (Å²) in [5.41, 5.74) is 0. The van der Waals surface area contributed by atoms with Crippen LogP contribution in [-0.4, -0.2) is 96.7 Å². The molecule has 0 aliphatic carbocycles. The predicted octanol–water partition coefficient (Wildman–Crippen LogP) is 23.6. The zero-order valence-corrected chi connectivity index (χ0v) is 65.9. The Morgan fingerprint density at radius 1 is 0.313 bits per heavy atom. The maximum Gasteiger partial charge on any atom is 0.472 e. The van der Waals surface area contributed by atoms with E-state index < -0.39 is 97.5 Å². The lowest BCUT2D eigenvalue weighted by Gasteiger charge is -2.21. The van der Waals surface area contributed by atoms with E-state index in [0.29, 0.717) is 31.6 Å². The number of ether oxygens (including phenoxy) is 4. The van der Waals surface area contributed by atoms with E-state index in [1.54, 1.807) is 0 Å². The van der Waals surface area contributed by atoms with Gasteiger partial charge in [-0.25, -0.2) is 9.13 Å². The monoisotopic (exact) mass is 1450 g/mol. The lowest BCUT2D eigenvalue weighted by atomic mass is 10.0. The van der Waals surface area contributed by atoms with Gasteiger partial charge in [0.2, 0.25) is 0 Å². The van der Waals surface area contributed by atoms with Crippen LogP contribution in [0.4, 0.5) is 0 Å². The van der Waals surface area contributed by atoms with Gasteiger partial charge in [0.1, 0.15) is 19.3 Å². The van der Waals surface area contributed by atoms with Crippen LogP contribution in [0.1, 0.15) is 401 Å². The Morgan fingerprint density at radius 3 is 0.828 bits per heavy atom. The quantitative estimate of drug-likeness (QED) is 0.0169. The third-order valence-corrected chi connectivity index (χ3v) is 20.1. The van der Waals surface area contributed by atoms with Crippen molar-refractivity contribution in [3.05, 3.63) is 24.3 Å². The second-order valence-electron chi connectivity index (χ2n) is 28.6. The highest BCUT2D eigenvalue weighted by Gasteiger charge is 2.30. The van der Waals surface area contributed by atoms with E-state index in [1.165, 1.54) is 205 Å². The molecule has 0 saturated heterocycles. The molecule has 0 amide bonds. The van der Waals surface area contributed by atoms with E-state index in [4.69, 9.17) is 37.0 Å². The summed E-state index contributed by atoms with van der Waals surface area (Å²) in [5.74, 6) is -1.44. The molecule has 0 aromatic carbocycles. The molecule has 3 N–H and O–H groups in total. The molecule has 0 rings (SSSR count). The Bertz CT molecular complexity index is 1990. The van der Waals surface area contributed by atoms with Crippen molar-refractivity contribution in [2.75, 3.05) is 39.6 Å². The number of phosphoric acid groups is 2. The molecule has 0 fully saturated rings. The largest absolute Gasteiger partial charge is 0.472 e. The Kier molecular flexibility index (Phi) is 70.7. The Hall–Kier alpha value is -2.46. The first kappa shape index (κ1) is 96.5. The minimum absolute atomic E-state index is 0.0846. The number of rotatable bonds is 78. The van der Waals surface area contributed by atoms with E-state index in [-0.39, 0.29) is 25.7 Å². The summed E-state index contributed by atoms with van der Waals surface area (Å²) in [6.07, 6.45) is 66.1. The van der Waals surface area contributed by atoms with Gasteiger partial charge in [-0.3, -0.25) is 37.3 Å². The van der Waals surface area contributed by atoms with Gasteiger partial charge in [-0.15, -0.1) is 0 Å². The maximum atomic E-state index is 13.1. The van der Waals surface area contributed by atoms with Crippen molar-refractivity contribution < 1.29 is 80.2 Å². The summed E-state index contributed by atoms with van der Waals surface area (Å²) >= 11 is 0. The number of hydrogen-bond donors (Lipinski definition) is 3. The molecular weight excluding hydrogens is 1290 g/mol. The molecule has 0 spiro atoms. The normalized spacial score (nSPS) is 14.0. The van der Waals surface area contributed by atoms with Gasteiger partial charge in [-0.2, -0.15) is 0 Å². The molecule has 0 aliphatic heterocycles. The SMILES string of the molecule is CCCCCC/C=C\C=C/CCCCCCCC(=O)O[C@H](COC(=O)CCCCCCCCCC(C)C)COP(=O)(O)OC[C@H](O)COP(=O)(O)OC[C@@H](COC(=O)CCCCCCCCCCCCCCCCCC)OC(=O)CCCCCCCCCCCCCCCCCCCC. The number of esters is 4. The molecule has 0 saturated carbocycles. The van der Waals surface area contributed by atoms with Gasteiger partial charge in [-0.1, -0.05) is 348 Å². The van der Waals surface area contributed by atoms with Crippen LogP contribution in [-0.2, 0) is 65.4 Å². The van der Waals surface area contributed by atoms with Crippen molar-refractivity contribution >= 4 is 39.5 Å². The number of carbonyl (C=O) groups is 4. The van der Waals surface area contributed by atoms with Crippen LogP contribution in [0.2, 0.25) is 0 Å². The maximum absolute atomic E-state index is 13.1. The smallest absolute Gasteiger partial charge is 0.462 e. The fraction of sp³-hybridized carbons (Fsp3) is 0.900. The molecule has 0 aromatic heterocycles. The van der Waals surface area contributed by atoms with Crippen LogP contribution in [0.25, 0.3) is 0 Å². The summed E-state index contributed by atoms with van der Waals surface area (Å²) in [6, 6.07) is 0. The van der Waals surface area contributed by atoms with Gasteiger partial charge in [0.15, 0.2) is 12.2 Å². The Balaban J connectivity index is 5.27. The van der Waals surface area contributed by atoms with E-state index in [2.05, 4.69) is 58.9 Å². The summed E-state index contributed by atoms with van der Waals surface area (Å²) in [6.45, 7) is 7.20. The predicted molar refractivity (Wildman–Crippen MR) is 404 cm³/mol. The van der Waals surface area contributed by atoms with Gasteiger partial charge in [0, 0.05) is 25.7 Å². The minimum Gasteiger partial charge on any atom is -0.462 e. The summed E-state index contributed by atoms with van der Waals surface area (Å²) in [5, 5.41) is 10.6. The second kappa shape index (κ2) is 72.5. The lowest BCUT2D eigenvalue weighted by molar-refractivity contribution is -0.161. The van der Waals surface area contributed by atoms with Crippen molar-refractivity contribution in [1.29, 1.82) is 0 Å². The fourth-order valence-corrected chi connectivity index (χ4v) is 13.4. The number of aliphatic hydroxyl groups is 1. The fourth-order valence-electron chi connectivity index (χ4n) is 11.9. The molecule has 0 aliphatic rings. The molecule has 17 nitrogen and oxygen atoms in total. The first-order valence-corrected chi connectivity index (χ1v) is 43.9. The van der Waals surface area contributed by atoms with E-state index >= 15 is 0 Å². The third kappa shape index (κ3) is 73.6. The van der Waals surface area contributed by atoms with Crippen molar-refractivity contribution in [1.82, 2.24) is 0 Å². The molecule has 0 bridgehead atoms. The first-order valence-electron chi connectivity index (χ1n) is 41.0. The van der Waals surface area contributed by atoms with E-state index in [1.807, 2.05) is 0 Å². The van der Waals surface area contributed by atoms with Gasteiger partial charge in [-0.05, 0) is 57.3 Å². The number of phosphoric ester groups is 2. The van der Waals surface area contributed by atoms with Crippen LogP contribution in [0.3, 0.4) is 0 Å². The van der Waals surface area contributed by atoms with Crippen LogP contribution in [0.5, 0.6) is 0 Å². The van der Waals surface area contributed by atoms with Crippen LogP contribution in [0.15, 0.2) is 24.3 Å². The van der Waals surface area contributed by atoms with Crippen molar-refractivity contribution in [3.8, 4) is 0 Å². The second-order valence-corrected chi connectivity index (χ2v) is 31.5. The van der Waals surface area contributed by atoms with E-state index in [9.17, 15) is 43.2 Å². The zero-order valence-electron chi connectivity index (χ0n) is 64.1. The molecule has 584 valence electrons. The average molecular weight is 1450 g/mol. The molecule has 0 heterocycles. The Labute approximate surface area is 605 Å². The van der Waals surface area contributed by atoms with Crippen molar-refractivity contribution in [3.63, 3.8) is 0 Å². The molecule has 0 aromatic rings. The van der Waals surface area contributed by atoms with Gasteiger partial charge < -0.3 is 33.8 Å². The minimum atomic E-state index is -4.97. The van der Waals surface area contributed by atoms with Gasteiger partial charge >= 0.3 is 39.5 Å². The van der Waals surface area contributed by atoms with Crippen molar-refractivity contribution in [2.24, 2.45) is 5.92 Å². The van der Waals surface area contributed by atoms with Crippen LogP contribution < -0.4 is 0 Å². The average Bonchev–Trinajstić information content (AvgIpc) is 1.29. The summed E-state index contributed by atoms with van der Waals surface area (Å²) in [7, 11) is -9.93. The number of hydrogen-bond acceptors (Lipinski definition) is 15. The first-order chi connectivity index (χ1) is 48.0. The highest BCUT2D eigenvalue weighted by Crippen LogP contribution is 2.45. The standard InChI is InChI=1S/C80H152O17P2/c1-6-9-12-15-18-21-24-27-30-32-33-36-39-42-45-50-56-61-66-79(84)96-75(69-90-77(82)63-58-53-48-43-40-37-35-31-28-25-22-19-16-13-10-7-2)71-94-98(86,87)92-67-74(81)68-93-99(88,89)95-72-76(70-91-78(83)64-59-54-51-46-47-52-57-62-73(4)5)97-80(85)65-60-55-49-44-41-38-34-29-26-23-20-17-14-11-8-3/h23,26,29,34,73-76,81H,6-22,24-25,27-28,30-33,35-72H2,1-5H3,(H,86,87)(H,88,89)/b26-23-,34-29-/t74-,75-,76-/m1/s1. The summed E-state index contributed by atoms with van der Waals surface area (Å²) < 4.78 is 68.6. The number of carbonyl (C=O) groups excluding carboxylic acids is 4. The Morgan fingerprint density at radius 2 is 0.545 bits per heavy atom. The molecule has 99 heavy (non-hydrogen) atoms. The van der Waals surface area contributed by atoms with Crippen LogP contribution in [0, 0.1) is 5.92 Å². The molecule has 0 radical (unpaired) electrons. The lowest BCUT2D eigenvalue weighted by Crippen LogP contribution is -2.30. The van der Waals surface area contributed by atoms with E-state index in [0.717, 1.165) is 109 Å². The number of allylic oxidation sites excluding steroid dienone is 4. The van der Waals surface area contributed by atoms with Crippen molar-refractivity contribution in [2.45, 2.75) is 419 Å². The highest BCUT2D eigenvalue weighted by molar-refractivity contribution is 7.47. The molecule has 19 heteroatoms. The molecular formula is C80H152O17P2.